The fourth-order valence-electron chi connectivity index (χ4n) is 7.33. The molecule has 1 aliphatic heterocycles. The first kappa shape index (κ1) is 45.4. The number of hydrogen-bond acceptors (Lipinski definition) is 4. The lowest BCUT2D eigenvalue weighted by atomic mass is 9.98. The van der Waals surface area contributed by atoms with Crippen LogP contribution in [0.3, 0.4) is 0 Å². The maximum atomic E-state index is 12.7. The molecule has 0 saturated carbocycles. The van der Waals surface area contributed by atoms with Gasteiger partial charge in [0.1, 0.15) is 6.61 Å². The molecule has 1 saturated heterocycles. The van der Waals surface area contributed by atoms with Crippen LogP contribution in [0.25, 0.3) is 0 Å². The molecule has 1 aliphatic rings. The highest BCUT2D eigenvalue weighted by atomic mass is 16.8. The Morgan fingerprint density at radius 1 is 0.521 bits per heavy atom. The zero-order valence-corrected chi connectivity index (χ0v) is 33.6. The van der Waals surface area contributed by atoms with E-state index in [1.807, 2.05) is 28.1 Å². The first-order valence-corrected chi connectivity index (χ1v) is 21.5. The molecule has 0 aromatic carbocycles. The molecule has 0 radical (unpaired) electrons. The van der Waals surface area contributed by atoms with Gasteiger partial charge in [0.05, 0.1) is 21.1 Å². The van der Waals surface area contributed by atoms with Gasteiger partial charge in [-0.1, -0.05) is 194 Å². The number of ether oxygens (including phenoxy) is 3. The summed E-state index contributed by atoms with van der Waals surface area (Å²) < 4.78 is 19.4. The number of hydrogen-bond donors (Lipinski definition) is 0. The molecule has 48 heavy (non-hydrogen) atoms. The summed E-state index contributed by atoms with van der Waals surface area (Å²) in [5.41, 5.74) is 0. The molecule has 1 atom stereocenters. The largest absolute Gasteiger partial charge is 0.427 e. The Bertz CT molecular complexity index is 701. The Labute approximate surface area is 301 Å². The van der Waals surface area contributed by atoms with Gasteiger partial charge in [-0.25, -0.2) is 4.79 Å². The Balaban J connectivity index is 2.28. The molecule has 286 valence electrons. The summed E-state index contributed by atoms with van der Waals surface area (Å²) in [5.74, 6) is -1.82. The molecule has 0 aliphatic carbocycles. The third-order valence-electron chi connectivity index (χ3n) is 10.3. The predicted molar refractivity (Wildman–Crippen MR) is 206 cm³/mol. The van der Waals surface area contributed by atoms with E-state index >= 15 is 0 Å². The van der Waals surface area contributed by atoms with Gasteiger partial charge in [0.2, 0.25) is 5.79 Å². The Hall–Kier alpha value is -0.650. The van der Waals surface area contributed by atoms with Gasteiger partial charge >= 0.3 is 5.97 Å². The third kappa shape index (κ3) is 26.2. The number of esters is 1. The minimum absolute atomic E-state index is 0.219. The molecule has 0 bridgehead atoms. The Kier molecular flexibility index (Phi) is 27.4. The summed E-state index contributed by atoms with van der Waals surface area (Å²) in [6.07, 6.45) is 42.7. The third-order valence-corrected chi connectivity index (χ3v) is 10.3. The van der Waals surface area contributed by atoms with Gasteiger partial charge in [-0.3, -0.25) is 0 Å². The molecule has 5 heteroatoms. The van der Waals surface area contributed by atoms with Crippen LogP contribution >= 0.6 is 0 Å². The topological polar surface area (TPSA) is 44.8 Å². The second-order valence-corrected chi connectivity index (χ2v) is 16.8. The summed E-state index contributed by atoms with van der Waals surface area (Å²) in [4.78, 5) is 12.7. The number of likely N-dealkylation sites (N-methyl/N-ethyl adjacent to an activating group) is 1. The lowest BCUT2D eigenvalue weighted by Gasteiger charge is -2.31. The van der Waals surface area contributed by atoms with Crippen molar-refractivity contribution in [2.24, 2.45) is 0 Å². The fraction of sp³-hybridized carbons (Fsp3) is 0.977. The molecule has 1 heterocycles. The van der Waals surface area contributed by atoms with Crippen LogP contribution in [-0.2, 0) is 19.0 Å². The van der Waals surface area contributed by atoms with Crippen molar-refractivity contribution >= 4 is 5.97 Å². The van der Waals surface area contributed by atoms with Crippen LogP contribution < -0.4 is 0 Å². The lowest BCUT2D eigenvalue weighted by molar-refractivity contribution is -0.862. The van der Waals surface area contributed by atoms with E-state index in [-0.39, 0.29) is 5.97 Å². The number of carbonyl (C=O) groups is 1. The summed E-state index contributed by atoms with van der Waals surface area (Å²) in [6, 6.07) is 0. The van der Waals surface area contributed by atoms with Crippen molar-refractivity contribution in [1.29, 1.82) is 0 Å². The second kappa shape index (κ2) is 29.0. The highest BCUT2D eigenvalue weighted by Crippen LogP contribution is 2.40. The molecule has 1 unspecified atom stereocenters. The molecule has 5 nitrogen and oxygen atoms in total. The van der Waals surface area contributed by atoms with Gasteiger partial charge < -0.3 is 18.7 Å². The van der Waals surface area contributed by atoms with E-state index in [4.69, 9.17) is 14.2 Å². The Morgan fingerprint density at radius 3 is 1.10 bits per heavy atom. The number of unbranched alkanes of at least 4 members (excludes halogenated alkanes) is 28. The van der Waals surface area contributed by atoms with Crippen molar-refractivity contribution in [2.45, 2.75) is 238 Å². The van der Waals surface area contributed by atoms with Gasteiger partial charge in [0, 0.05) is 19.8 Å². The van der Waals surface area contributed by atoms with E-state index in [1.165, 1.54) is 180 Å². The number of quaternary nitrogens is 1. The van der Waals surface area contributed by atoms with E-state index in [0.29, 0.717) is 17.6 Å². The van der Waals surface area contributed by atoms with Crippen molar-refractivity contribution in [3.05, 3.63) is 0 Å². The summed E-state index contributed by atoms with van der Waals surface area (Å²) >= 11 is 0. The zero-order chi connectivity index (χ0) is 35.2. The number of carbonyl (C=O) groups excluding carboxylic acids is 1. The van der Waals surface area contributed by atoms with Crippen LogP contribution in [0.4, 0.5) is 0 Å². The van der Waals surface area contributed by atoms with Crippen LogP contribution in [0.5, 0.6) is 0 Å². The smallest absolute Gasteiger partial charge is 0.364 e. The van der Waals surface area contributed by atoms with Crippen LogP contribution in [-0.4, -0.2) is 56.3 Å². The molecular weight excluding hydrogens is 594 g/mol. The van der Waals surface area contributed by atoms with E-state index in [1.54, 1.807) is 0 Å². The van der Waals surface area contributed by atoms with Gasteiger partial charge in [-0.05, 0) is 12.8 Å². The molecule has 0 amide bonds. The predicted octanol–water partition coefficient (Wildman–Crippen LogP) is 13.2. The normalized spacial score (nSPS) is 17.7. The average molecular weight is 681 g/mol. The van der Waals surface area contributed by atoms with E-state index in [2.05, 4.69) is 13.8 Å². The molecule has 0 aromatic rings. The molecule has 0 spiro atoms. The van der Waals surface area contributed by atoms with E-state index < -0.39 is 11.6 Å². The number of rotatable bonds is 35. The van der Waals surface area contributed by atoms with E-state index in [9.17, 15) is 4.79 Å². The molecule has 0 N–H and O–H groups in total. The fourth-order valence-corrected chi connectivity index (χ4v) is 7.33. The van der Waals surface area contributed by atoms with Gasteiger partial charge in [0.25, 0.3) is 0 Å². The van der Waals surface area contributed by atoms with Crippen molar-refractivity contribution in [1.82, 2.24) is 0 Å². The van der Waals surface area contributed by atoms with Crippen molar-refractivity contribution in [3.8, 4) is 0 Å². The number of nitrogens with zero attached hydrogens (tertiary/aromatic N) is 1. The zero-order valence-electron chi connectivity index (χ0n) is 33.6. The quantitative estimate of drug-likeness (QED) is 0.0380. The minimum Gasteiger partial charge on any atom is -0.427 e. The van der Waals surface area contributed by atoms with Gasteiger partial charge in [0.15, 0.2) is 12.3 Å². The maximum Gasteiger partial charge on any atom is 0.364 e. The molecule has 1 rings (SSSR count). The molecule has 1 fully saturated rings. The highest BCUT2D eigenvalue weighted by molar-refractivity contribution is 5.71. The first-order chi connectivity index (χ1) is 23.1. The highest BCUT2D eigenvalue weighted by Gasteiger charge is 2.50. The monoisotopic (exact) mass is 681 g/mol. The van der Waals surface area contributed by atoms with E-state index in [0.717, 1.165) is 25.7 Å². The lowest BCUT2D eigenvalue weighted by Crippen LogP contribution is -2.45. The van der Waals surface area contributed by atoms with Crippen LogP contribution in [0, 0.1) is 0 Å². The van der Waals surface area contributed by atoms with Crippen LogP contribution in [0.2, 0.25) is 0 Å². The first-order valence-electron chi connectivity index (χ1n) is 21.5. The van der Waals surface area contributed by atoms with Crippen molar-refractivity contribution in [3.63, 3.8) is 0 Å². The van der Waals surface area contributed by atoms with Crippen LogP contribution in [0.1, 0.15) is 226 Å². The molecule has 0 aromatic heterocycles. The maximum absolute atomic E-state index is 12.7. The minimum atomic E-state index is -0.989. The second-order valence-electron chi connectivity index (χ2n) is 16.8. The summed E-state index contributed by atoms with van der Waals surface area (Å²) in [5, 5.41) is 0. The summed E-state index contributed by atoms with van der Waals surface area (Å²) in [6.45, 7) is 7.13. The van der Waals surface area contributed by atoms with Crippen molar-refractivity contribution < 1.29 is 23.5 Å². The van der Waals surface area contributed by atoms with Gasteiger partial charge in [-0.2, -0.15) is 0 Å². The molecular formula is C43H86NO4+. The van der Waals surface area contributed by atoms with Gasteiger partial charge in [-0.15, -0.1) is 0 Å². The SMILES string of the molecule is CCCCCCCCCCCCCCCCCC1(CCCCCCCCCCCCCCCCC)OCC(C)(OC(=O)C[N+](C)(C)C)O1. The standard InChI is InChI=1S/C43H86NO4/c1-7-9-11-13-15-17-19-21-23-25-27-29-31-33-35-37-43(46-40-42(3,48-43)47-41(45)39-44(4,5)6)38-36-34-32-30-28-26-24-22-20-18-16-14-12-10-8-2/h7-40H2,1-6H3/q+1. The van der Waals surface area contributed by atoms with Crippen LogP contribution in [0.15, 0.2) is 0 Å². The van der Waals surface area contributed by atoms with Crippen molar-refractivity contribution in [2.75, 3.05) is 34.3 Å². The Morgan fingerprint density at radius 2 is 0.812 bits per heavy atom. The summed E-state index contributed by atoms with van der Waals surface area (Å²) in [7, 11) is 6.02. The average Bonchev–Trinajstić information content (AvgIpc) is 3.35.